The van der Waals surface area contributed by atoms with Gasteiger partial charge in [-0.25, -0.2) is 0 Å². The minimum atomic E-state index is 0.203. The molecule has 2 aromatic rings. The summed E-state index contributed by atoms with van der Waals surface area (Å²) in [6, 6.07) is 11.3. The van der Waals surface area contributed by atoms with Gasteiger partial charge in [-0.3, -0.25) is 0 Å². The summed E-state index contributed by atoms with van der Waals surface area (Å²) in [4.78, 5) is 0. The maximum absolute atomic E-state index is 3.99. The molecule has 1 unspecified atom stereocenters. The second-order valence-corrected chi connectivity index (χ2v) is 6.44. The van der Waals surface area contributed by atoms with Crippen molar-refractivity contribution in [3.8, 4) is 0 Å². The molecule has 1 aromatic carbocycles. The molecular formula is C18H25N3. The molecule has 0 amide bonds. The van der Waals surface area contributed by atoms with E-state index in [0.29, 0.717) is 0 Å². The number of benzene rings is 1. The summed E-state index contributed by atoms with van der Waals surface area (Å²) in [7, 11) is 0. The van der Waals surface area contributed by atoms with Gasteiger partial charge in [0.05, 0.1) is 6.20 Å². The topological polar surface area (TPSA) is 37.8 Å². The van der Waals surface area contributed by atoms with Crippen molar-refractivity contribution in [2.75, 3.05) is 6.54 Å². The predicted octanol–water partition coefficient (Wildman–Crippen LogP) is 3.67. The van der Waals surface area contributed by atoms with Gasteiger partial charge in [-0.15, -0.1) is 0 Å². The molecule has 0 aliphatic heterocycles. The van der Waals surface area contributed by atoms with E-state index in [4.69, 9.17) is 0 Å². The fourth-order valence-electron chi connectivity index (χ4n) is 2.44. The highest BCUT2D eigenvalue weighted by Crippen LogP contribution is 2.24. The van der Waals surface area contributed by atoms with Gasteiger partial charge in [-0.05, 0) is 41.1 Å². The van der Waals surface area contributed by atoms with E-state index in [0.717, 1.165) is 13.0 Å². The lowest BCUT2D eigenvalue weighted by molar-refractivity contribution is 0.546. The van der Waals surface area contributed by atoms with Gasteiger partial charge in [0.2, 0.25) is 0 Å². The Bertz CT molecular complexity index is 541. The molecule has 0 aliphatic carbocycles. The van der Waals surface area contributed by atoms with E-state index < -0.39 is 0 Å². The highest BCUT2D eigenvalue weighted by molar-refractivity contribution is 5.29. The van der Waals surface area contributed by atoms with Crippen LogP contribution < -0.4 is 5.32 Å². The Morgan fingerprint density at radius 3 is 2.29 bits per heavy atom. The zero-order valence-corrected chi connectivity index (χ0v) is 13.4. The van der Waals surface area contributed by atoms with Gasteiger partial charge in [0.1, 0.15) is 0 Å². The standard InChI is InChI=1S/C18H25N3/c1-5-19-17(15-10-11-20-21-13-15)12-14-6-8-16(9-7-14)18(2,3)4/h6-11,13,17,19H,5,12H2,1-4H3. The minimum absolute atomic E-state index is 0.203. The lowest BCUT2D eigenvalue weighted by Gasteiger charge is -2.21. The molecule has 0 fully saturated rings. The first-order chi connectivity index (χ1) is 10.0. The number of hydrogen-bond acceptors (Lipinski definition) is 3. The van der Waals surface area contributed by atoms with Gasteiger partial charge < -0.3 is 5.32 Å². The zero-order chi connectivity index (χ0) is 15.3. The summed E-state index contributed by atoms with van der Waals surface area (Å²) >= 11 is 0. The molecule has 1 N–H and O–H groups in total. The van der Waals surface area contributed by atoms with E-state index >= 15 is 0 Å². The summed E-state index contributed by atoms with van der Waals surface area (Å²) in [5.41, 5.74) is 4.10. The predicted molar refractivity (Wildman–Crippen MR) is 87.3 cm³/mol. The molecule has 0 aliphatic rings. The average Bonchev–Trinajstić information content (AvgIpc) is 2.47. The Balaban J connectivity index is 2.14. The van der Waals surface area contributed by atoms with Crippen molar-refractivity contribution in [2.45, 2.75) is 45.6 Å². The third-order valence-corrected chi connectivity index (χ3v) is 3.72. The van der Waals surface area contributed by atoms with Crippen LogP contribution in [0.1, 0.15) is 50.4 Å². The lowest BCUT2D eigenvalue weighted by Crippen LogP contribution is -2.23. The molecule has 0 saturated carbocycles. The fraction of sp³-hybridized carbons (Fsp3) is 0.444. The third-order valence-electron chi connectivity index (χ3n) is 3.72. The maximum Gasteiger partial charge on any atom is 0.0544 e. The van der Waals surface area contributed by atoms with Crippen LogP contribution in [0.5, 0.6) is 0 Å². The quantitative estimate of drug-likeness (QED) is 0.910. The third kappa shape index (κ3) is 4.36. The van der Waals surface area contributed by atoms with Crippen molar-refractivity contribution >= 4 is 0 Å². The Morgan fingerprint density at radius 2 is 1.76 bits per heavy atom. The monoisotopic (exact) mass is 283 g/mol. The Labute approximate surface area is 127 Å². The van der Waals surface area contributed by atoms with Gasteiger partial charge in [0, 0.05) is 12.2 Å². The molecule has 0 bridgehead atoms. The van der Waals surface area contributed by atoms with Crippen LogP contribution in [0.2, 0.25) is 0 Å². The zero-order valence-electron chi connectivity index (χ0n) is 13.4. The molecule has 1 aromatic heterocycles. The highest BCUT2D eigenvalue weighted by Gasteiger charge is 2.15. The SMILES string of the molecule is CCNC(Cc1ccc(C(C)(C)C)cc1)c1ccnnc1. The molecule has 0 spiro atoms. The molecule has 21 heavy (non-hydrogen) atoms. The van der Waals surface area contributed by atoms with Crippen LogP contribution in [-0.4, -0.2) is 16.7 Å². The van der Waals surface area contributed by atoms with E-state index in [2.05, 4.69) is 67.5 Å². The summed E-state index contributed by atoms with van der Waals surface area (Å²) in [5, 5.41) is 11.4. The van der Waals surface area contributed by atoms with Crippen molar-refractivity contribution in [2.24, 2.45) is 0 Å². The van der Waals surface area contributed by atoms with E-state index in [-0.39, 0.29) is 11.5 Å². The molecule has 3 heteroatoms. The van der Waals surface area contributed by atoms with E-state index in [9.17, 15) is 0 Å². The summed E-state index contributed by atoms with van der Waals surface area (Å²) in [5.74, 6) is 0. The second kappa shape index (κ2) is 6.81. The molecule has 2 rings (SSSR count). The van der Waals surface area contributed by atoms with E-state index in [1.165, 1.54) is 16.7 Å². The Kier molecular flexibility index (Phi) is 5.07. The first-order valence-electron chi connectivity index (χ1n) is 7.60. The van der Waals surface area contributed by atoms with Crippen molar-refractivity contribution in [3.05, 3.63) is 59.4 Å². The minimum Gasteiger partial charge on any atom is -0.310 e. The Morgan fingerprint density at radius 1 is 1.05 bits per heavy atom. The summed E-state index contributed by atoms with van der Waals surface area (Å²) in [6.07, 6.45) is 4.56. The lowest BCUT2D eigenvalue weighted by atomic mass is 9.86. The van der Waals surface area contributed by atoms with Crippen LogP contribution in [0, 0.1) is 0 Å². The van der Waals surface area contributed by atoms with Crippen molar-refractivity contribution in [3.63, 3.8) is 0 Å². The van der Waals surface area contributed by atoms with Crippen LogP contribution in [0.25, 0.3) is 0 Å². The largest absolute Gasteiger partial charge is 0.310 e. The van der Waals surface area contributed by atoms with Gasteiger partial charge >= 0.3 is 0 Å². The summed E-state index contributed by atoms with van der Waals surface area (Å²) < 4.78 is 0. The average molecular weight is 283 g/mol. The van der Waals surface area contributed by atoms with Crippen molar-refractivity contribution in [1.82, 2.24) is 15.5 Å². The second-order valence-electron chi connectivity index (χ2n) is 6.44. The smallest absolute Gasteiger partial charge is 0.0544 e. The first-order valence-corrected chi connectivity index (χ1v) is 7.60. The maximum atomic E-state index is 3.99. The van der Waals surface area contributed by atoms with Crippen LogP contribution in [0.3, 0.4) is 0 Å². The molecule has 0 radical (unpaired) electrons. The fourth-order valence-corrected chi connectivity index (χ4v) is 2.44. The van der Waals surface area contributed by atoms with Crippen LogP contribution in [-0.2, 0) is 11.8 Å². The summed E-state index contributed by atoms with van der Waals surface area (Å²) in [6.45, 7) is 9.79. The number of likely N-dealkylation sites (N-methyl/N-ethyl adjacent to an activating group) is 1. The number of aromatic nitrogens is 2. The van der Waals surface area contributed by atoms with Crippen molar-refractivity contribution < 1.29 is 0 Å². The number of rotatable bonds is 5. The van der Waals surface area contributed by atoms with Crippen molar-refractivity contribution in [1.29, 1.82) is 0 Å². The first kappa shape index (κ1) is 15.6. The molecule has 0 saturated heterocycles. The van der Waals surface area contributed by atoms with Crippen LogP contribution in [0.4, 0.5) is 0 Å². The number of nitrogens with one attached hydrogen (secondary N) is 1. The van der Waals surface area contributed by atoms with Gasteiger partial charge in [-0.1, -0.05) is 52.0 Å². The molecule has 1 atom stereocenters. The van der Waals surface area contributed by atoms with Gasteiger partial charge in [0.25, 0.3) is 0 Å². The van der Waals surface area contributed by atoms with Crippen LogP contribution in [0.15, 0.2) is 42.7 Å². The Hall–Kier alpha value is -1.74. The molecule has 112 valence electrons. The number of hydrogen-bond donors (Lipinski definition) is 1. The number of nitrogens with zero attached hydrogens (tertiary/aromatic N) is 2. The molecule has 3 nitrogen and oxygen atoms in total. The van der Waals surface area contributed by atoms with Gasteiger partial charge in [0.15, 0.2) is 0 Å². The normalized spacial score (nSPS) is 13.1. The van der Waals surface area contributed by atoms with E-state index in [1.54, 1.807) is 6.20 Å². The van der Waals surface area contributed by atoms with Gasteiger partial charge in [-0.2, -0.15) is 10.2 Å². The van der Waals surface area contributed by atoms with Crippen LogP contribution >= 0.6 is 0 Å². The molecular weight excluding hydrogens is 258 g/mol. The molecule has 1 heterocycles. The highest BCUT2D eigenvalue weighted by atomic mass is 15.1. The van der Waals surface area contributed by atoms with E-state index in [1.807, 2.05) is 12.3 Å².